The van der Waals surface area contributed by atoms with E-state index in [0.717, 1.165) is 17.5 Å². The van der Waals surface area contributed by atoms with Gasteiger partial charge in [-0.2, -0.15) is 13.2 Å². The van der Waals surface area contributed by atoms with E-state index in [4.69, 9.17) is 4.74 Å². The Kier molecular flexibility index (Phi) is 5.84. The van der Waals surface area contributed by atoms with E-state index in [1.54, 1.807) is 6.07 Å². The van der Waals surface area contributed by atoms with Gasteiger partial charge in [0.1, 0.15) is 11.3 Å². The summed E-state index contributed by atoms with van der Waals surface area (Å²) in [6.07, 6.45) is -2.97. The molecule has 0 bridgehead atoms. The van der Waals surface area contributed by atoms with Crippen LogP contribution >= 0.6 is 11.3 Å². The molecule has 11 heteroatoms. The van der Waals surface area contributed by atoms with Gasteiger partial charge in [-0.1, -0.05) is 13.8 Å². The summed E-state index contributed by atoms with van der Waals surface area (Å²) < 4.78 is 62.2. The first-order valence-electron chi connectivity index (χ1n) is 9.70. The first-order valence-corrected chi connectivity index (χ1v) is 10.5. The van der Waals surface area contributed by atoms with Crippen LogP contribution in [0.3, 0.4) is 0 Å². The van der Waals surface area contributed by atoms with Gasteiger partial charge in [-0.3, -0.25) is 4.98 Å². The average molecular weight is 456 g/mol. The maximum absolute atomic E-state index is 14.7. The largest absolute Gasteiger partial charge is 0.419 e. The molecule has 0 saturated carbocycles. The second-order valence-corrected chi connectivity index (χ2v) is 8.63. The third-order valence-corrected chi connectivity index (χ3v) is 6.34. The van der Waals surface area contributed by atoms with Crippen molar-refractivity contribution in [2.75, 3.05) is 18.5 Å². The lowest BCUT2D eigenvalue weighted by molar-refractivity contribution is -0.135. The first-order chi connectivity index (χ1) is 14.7. The number of thiophene rings is 1. The number of fused-ring (bicyclic) bond motifs is 1. The van der Waals surface area contributed by atoms with Crippen LogP contribution < -0.4 is 5.32 Å². The van der Waals surface area contributed by atoms with E-state index in [1.165, 1.54) is 6.20 Å². The first kappa shape index (κ1) is 21.8. The Bertz CT molecular complexity index is 1100. The van der Waals surface area contributed by atoms with Crippen LogP contribution in [-0.4, -0.2) is 45.4 Å². The molecule has 0 aromatic carbocycles. The summed E-state index contributed by atoms with van der Waals surface area (Å²) in [6.45, 7) is 4.26. The summed E-state index contributed by atoms with van der Waals surface area (Å²) in [4.78, 5) is 11.5. The van der Waals surface area contributed by atoms with Crippen LogP contribution in [0.1, 0.15) is 37.3 Å². The number of nitrogens with one attached hydrogen (secondary N) is 1. The van der Waals surface area contributed by atoms with Crippen molar-refractivity contribution in [2.24, 2.45) is 0 Å². The summed E-state index contributed by atoms with van der Waals surface area (Å²) in [7, 11) is 0. The third-order valence-electron chi connectivity index (χ3n) is 5.11. The van der Waals surface area contributed by atoms with E-state index in [-0.39, 0.29) is 28.9 Å². The van der Waals surface area contributed by atoms with Crippen molar-refractivity contribution < 1.29 is 27.4 Å². The van der Waals surface area contributed by atoms with Crippen molar-refractivity contribution in [2.45, 2.75) is 44.5 Å². The van der Waals surface area contributed by atoms with E-state index in [9.17, 15) is 22.7 Å². The van der Waals surface area contributed by atoms with E-state index in [0.29, 0.717) is 23.3 Å². The number of halogens is 4. The van der Waals surface area contributed by atoms with Gasteiger partial charge in [0.25, 0.3) is 0 Å². The van der Waals surface area contributed by atoms with Crippen LogP contribution in [0.4, 0.5) is 23.5 Å². The highest BCUT2D eigenvalue weighted by Gasteiger charge is 2.40. The fraction of sp³-hybridized carbons (Fsp3) is 0.450. The Hall–Kier alpha value is -2.37. The second-order valence-electron chi connectivity index (χ2n) is 7.61. The maximum Gasteiger partial charge on any atom is 0.419 e. The topological polar surface area (TPSA) is 80.2 Å². The Morgan fingerprint density at radius 2 is 2.06 bits per heavy atom. The molecule has 1 saturated heterocycles. The van der Waals surface area contributed by atoms with Crippen molar-refractivity contribution in [1.29, 1.82) is 0 Å². The monoisotopic (exact) mass is 456 g/mol. The summed E-state index contributed by atoms with van der Waals surface area (Å²) in [5, 5.41) is 12.9. The van der Waals surface area contributed by atoms with Gasteiger partial charge >= 0.3 is 6.18 Å². The minimum Gasteiger partial charge on any atom is -0.389 e. The van der Waals surface area contributed by atoms with Gasteiger partial charge in [0.2, 0.25) is 5.95 Å². The Balaban J connectivity index is 1.85. The molecule has 166 valence electrons. The summed E-state index contributed by atoms with van der Waals surface area (Å²) in [6, 6.07) is 1.22. The Morgan fingerprint density at radius 1 is 1.29 bits per heavy atom. The normalized spacial score (nSPS) is 19.9. The molecule has 4 heterocycles. The molecule has 1 fully saturated rings. The number of aliphatic hydroxyl groups is 1. The zero-order chi connectivity index (χ0) is 22.3. The number of aromatic nitrogens is 3. The van der Waals surface area contributed by atoms with Crippen LogP contribution in [-0.2, 0) is 10.9 Å². The molecule has 1 aliphatic heterocycles. The SMILES string of the molecule is CC(C)c1ccnc2c(C(F)(F)F)c(-c3nc(N[C@@H]4CCOC[C@H]4O)ncc3F)sc12. The molecule has 3 aromatic rings. The Labute approximate surface area is 179 Å². The molecular formula is C20H20F4N4O2S. The smallest absolute Gasteiger partial charge is 0.389 e. The van der Waals surface area contributed by atoms with Gasteiger partial charge in [0, 0.05) is 12.8 Å². The summed E-state index contributed by atoms with van der Waals surface area (Å²) in [5.74, 6) is -1.08. The lowest BCUT2D eigenvalue weighted by Gasteiger charge is -2.28. The molecule has 2 atom stereocenters. The highest BCUT2D eigenvalue weighted by Crippen LogP contribution is 2.48. The zero-order valence-corrected chi connectivity index (χ0v) is 17.5. The fourth-order valence-corrected chi connectivity index (χ4v) is 4.98. The highest BCUT2D eigenvalue weighted by atomic mass is 32.1. The van der Waals surface area contributed by atoms with Crippen LogP contribution in [0.5, 0.6) is 0 Å². The van der Waals surface area contributed by atoms with Crippen molar-refractivity contribution >= 4 is 27.5 Å². The summed E-state index contributed by atoms with van der Waals surface area (Å²) in [5.41, 5.74) is -0.982. The molecule has 3 aromatic heterocycles. The molecule has 1 aliphatic rings. The van der Waals surface area contributed by atoms with Crippen molar-refractivity contribution in [1.82, 2.24) is 15.0 Å². The molecule has 4 rings (SSSR count). The number of pyridine rings is 1. The van der Waals surface area contributed by atoms with E-state index in [2.05, 4.69) is 20.3 Å². The van der Waals surface area contributed by atoms with Crippen LogP contribution in [0.25, 0.3) is 20.8 Å². The predicted octanol–water partition coefficient (Wildman–Crippen LogP) is 4.60. The maximum atomic E-state index is 14.7. The van der Waals surface area contributed by atoms with Gasteiger partial charge in [0.05, 0.1) is 40.0 Å². The van der Waals surface area contributed by atoms with E-state index < -0.39 is 35.4 Å². The second kappa shape index (κ2) is 8.29. The van der Waals surface area contributed by atoms with Gasteiger partial charge < -0.3 is 15.2 Å². The molecular weight excluding hydrogens is 436 g/mol. The van der Waals surface area contributed by atoms with Gasteiger partial charge in [-0.25, -0.2) is 14.4 Å². The predicted molar refractivity (Wildman–Crippen MR) is 109 cm³/mol. The zero-order valence-electron chi connectivity index (χ0n) is 16.7. The highest BCUT2D eigenvalue weighted by molar-refractivity contribution is 7.22. The number of nitrogens with zero attached hydrogens (tertiary/aromatic N) is 3. The molecule has 2 N–H and O–H groups in total. The molecule has 0 unspecified atom stereocenters. The van der Waals surface area contributed by atoms with Gasteiger partial charge in [-0.05, 0) is 24.0 Å². The quantitative estimate of drug-likeness (QED) is 0.559. The lowest BCUT2D eigenvalue weighted by atomic mass is 10.0. The van der Waals surface area contributed by atoms with Crippen LogP contribution in [0.2, 0.25) is 0 Å². The van der Waals surface area contributed by atoms with E-state index in [1.807, 2.05) is 13.8 Å². The lowest BCUT2D eigenvalue weighted by Crippen LogP contribution is -2.42. The number of hydrogen-bond donors (Lipinski definition) is 2. The molecule has 6 nitrogen and oxygen atoms in total. The minimum absolute atomic E-state index is 0.0411. The number of hydrogen-bond acceptors (Lipinski definition) is 7. The molecule has 0 spiro atoms. The number of aliphatic hydroxyl groups excluding tert-OH is 1. The van der Waals surface area contributed by atoms with Crippen LogP contribution in [0.15, 0.2) is 18.5 Å². The number of alkyl halides is 3. The molecule has 0 aliphatic carbocycles. The van der Waals surface area contributed by atoms with Gasteiger partial charge in [0.15, 0.2) is 5.82 Å². The molecule has 0 amide bonds. The Morgan fingerprint density at radius 3 is 2.74 bits per heavy atom. The molecule has 31 heavy (non-hydrogen) atoms. The van der Waals surface area contributed by atoms with Crippen molar-refractivity contribution in [3.05, 3.63) is 35.4 Å². The van der Waals surface area contributed by atoms with Crippen molar-refractivity contribution in [3.63, 3.8) is 0 Å². The number of ether oxygens (including phenoxy) is 1. The van der Waals surface area contributed by atoms with Crippen molar-refractivity contribution in [3.8, 4) is 10.6 Å². The third kappa shape index (κ3) is 4.21. The fourth-order valence-electron chi connectivity index (χ4n) is 3.55. The number of anilines is 1. The van der Waals surface area contributed by atoms with Crippen LogP contribution in [0, 0.1) is 5.82 Å². The summed E-state index contributed by atoms with van der Waals surface area (Å²) >= 11 is 0.818. The standard InChI is InChI=1S/C20H20F4N4O2S/c1-9(2)10-3-5-25-16-14(20(22,23)24)18(31-17(10)16)15-11(21)7-26-19(28-15)27-12-4-6-30-8-13(12)29/h3,5,7,9,12-13,29H,4,6,8H2,1-2H3,(H,26,27,28)/t12-,13-/m1/s1. The van der Waals surface area contributed by atoms with E-state index >= 15 is 0 Å². The average Bonchev–Trinajstić information content (AvgIpc) is 3.10. The van der Waals surface area contributed by atoms with Gasteiger partial charge in [-0.15, -0.1) is 11.3 Å². The molecule has 0 radical (unpaired) electrons. The number of rotatable bonds is 4. The minimum atomic E-state index is -4.75.